The number of hydroxylamine groups is 1. The maximum atomic E-state index is 16.3. The Kier molecular flexibility index (Phi) is 5.70. The fourth-order valence-electron chi connectivity index (χ4n) is 4.67. The van der Waals surface area contributed by atoms with E-state index in [2.05, 4.69) is 12.4 Å². The average molecular weight is 425 g/mol. The Labute approximate surface area is 171 Å². The van der Waals surface area contributed by atoms with E-state index in [-0.39, 0.29) is 5.56 Å². The van der Waals surface area contributed by atoms with E-state index in [0.29, 0.717) is 50.1 Å². The van der Waals surface area contributed by atoms with Crippen LogP contribution in [0.2, 0.25) is 0 Å². The molecular formula is C21H29FN2O4S. The quantitative estimate of drug-likeness (QED) is 0.680. The van der Waals surface area contributed by atoms with Gasteiger partial charge < -0.3 is 0 Å². The highest BCUT2D eigenvalue weighted by atomic mass is 32.2. The third-order valence-electron chi connectivity index (χ3n) is 6.80. The number of carbonyl (C=O) groups is 1. The number of sulfonamides is 1. The summed E-state index contributed by atoms with van der Waals surface area (Å²) in [6, 6.07) is 8.24. The zero-order chi connectivity index (χ0) is 20.6. The summed E-state index contributed by atoms with van der Waals surface area (Å²) in [5.74, 6) is -0.138. The van der Waals surface area contributed by atoms with Gasteiger partial charge in [-0.25, -0.2) is 18.7 Å². The van der Waals surface area contributed by atoms with Crippen molar-refractivity contribution in [3.8, 4) is 0 Å². The Morgan fingerprint density at radius 2 is 1.86 bits per heavy atom. The lowest BCUT2D eigenvalue weighted by molar-refractivity contribution is -0.166. The lowest BCUT2D eigenvalue weighted by Gasteiger charge is -2.43. The zero-order valence-corrected chi connectivity index (χ0v) is 17.5. The van der Waals surface area contributed by atoms with Crippen LogP contribution in [0, 0.1) is 23.7 Å². The minimum absolute atomic E-state index is 0.282. The number of halogens is 1. The predicted molar refractivity (Wildman–Crippen MR) is 107 cm³/mol. The number of alkyl halides is 1. The highest BCUT2D eigenvalue weighted by Crippen LogP contribution is 2.52. The molecule has 0 radical (unpaired) electrons. The Balaban J connectivity index is 1.56. The van der Waals surface area contributed by atoms with Crippen molar-refractivity contribution in [2.45, 2.75) is 50.6 Å². The smallest absolute Gasteiger partial charge is 0.267 e. The van der Waals surface area contributed by atoms with Gasteiger partial charge in [0, 0.05) is 24.6 Å². The minimum atomic E-state index is -4.36. The lowest BCUT2D eigenvalue weighted by atomic mass is 9.72. The van der Waals surface area contributed by atoms with Crippen molar-refractivity contribution in [3.05, 3.63) is 35.9 Å². The first-order valence-corrected chi connectivity index (χ1v) is 12.0. The monoisotopic (exact) mass is 424 g/mol. The summed E-state index contributed by atoms with van der Waals surface area (Å²) in [6.45, 7) is 2.75. The standard InChI is InChI=1S/C21H29FN2O4S/c1-15-8-11-18(14-19(15)16-9-10-16)21(22,29(26,27)24-12-5-13-24)28-23-20(25)17-6-3-2-4-7-17/h2-4,6-7,15-16,18-19H,5,8-14H2,1H3,(H,23,25). The Bertz CT molecular complexity index is 841. The molecule has 0 bridgehead atoms. The molecule has 1 aromatic rings. The molecule has 160 valence electrons. The van der Waals surface area contributed by atoms with E-state index in [1.807, 2.05) is 0 Å². The fraction of sp³-hybridized carbons (Fsp3) is 0.667. The fourth-order valence-corrected chi connectivity index (χ4v) is 6.54. The second-order valence-corrected chi connectivity index (χ2v) is 10.8. The van der Waals surface area contributed by atoms with E-state index in [0.717, 1.165) is 23.6 Å². The first-order valence-electron chi connectivity index (χ1n) is 10.5. The molecule has 2 saturated carbocycles. The van der Waals surface area contributed by atoms with Crippen LogP contribution in [0.4, 0.5) is 4.39 Å². The third kappa shape index (κ3) is 3.94. The van der Waals surface area contributed by atoms with Crippen molar-refractivity contribution in [2.75, 3.05) is 13.1 Å². The van der Waals surface area contributed by atoms with Crippen molar-refractivity contribution in [2.24, 2.45) is 23.7 Å². The molecule has 1 N–H and O–H groups in total. The van der Waals surface area contributed by atoms with Crippen LogP contribution in [0.1, 0.15) is 55.8 Å². The maximum Gasteiger partial charge on any atom is 0.348 e. The average Bonchev–Trinajstić information content (AvgIpc) is 3.50. The van der Waals surface area contributed by atoms with Crippen molar-refractivity contribution in [3.63, 3.8) is 0 Å². The van der Waals surface area contributed by atoms with E-state index in [9.17, 15) is 13.2 Å². The molecule has 1 aliphatic heterocycles. The SMILES string of the molecule is CC1CCC(C(F)(ONC(=O)c2ccccc2)S(=O)(=O)N2CCC2)CC1C1CC1. The first kappa shape index (κ1) is 20.8. The van der Waals surface area contributed by atoms with Gasteiger partial charge in [-0.2, -0.15) is 8.70 Å². The summed E-state index contributed by atoms with van der Waals surface area (Å²) in [6.07, 6.45) is 4.63. The predicted octanol–water partition coefficient (Wildman–Crippen LogP) is 3.47. The van der Waals surface area contributed by atoms with Crippen molar-refractivity contribution < 1.29 is 22.4 Å². The summed E-state index contributed by atoms with van der Waals surface area (Å²) in [5.41, 5.74) is 2.38. The number of hydrogen-bond acceptors (Lipinski definition) is 4. The number of nitrogens with one attached hydrogen (secondary N) is 1. The molecule has 8 heteroatoms. The Morgan fingerprint density at radius 3 is 2.45 bits per heavy atom. The molecule has 3 fully saturated rings. The van der Waals surface area contributed by atoms with Crippen LogP contribution < -0.4 is 5.48 Å². The van der Waals surface area contributed by atoms with Crippen LogP contribution in [-0.2, 0) is 14.9 Å². The summed E-state index contributed by atoms with van der Waals surface area (Å²) in [4.78, 5) is 17.6. The van der Waals surface area contributed by atoms with Crippen LogP contribution in [0.5, 0.6) is 0 Å². The molecule has 3 aliphatic rings. The molecule has 4 rings (SSSR count). The summed E-state index contributed by atoms with van der Waals surface area (Å²) in [7, 11) is -4.36. The van der Waals surface area contributed by atoms with Crippen LogP contribution in [0.25, 0.3) is 0 Å². The molecule has 4 unspecified atom stereocenters. The number of amides is 1. The second-order valence-electron chi connectivity index (χ2n) is 8.73. The number of benzene rings is 1. The topological polar surface area (TPSA) is 75.7 Å². The van der Waals surface area contributed by atoms with Gasteiger partial charge >= 0.3 is 5.19 Å². The van der Waals surface area contributed by atoms with Gasteiger partial charge in [-0.1, -0.05) is 25.1 Å². The first-order chi connectivity index (χ1) is 13.8. The summed E-state index contributed by atoms with van der Waals surface area (Å²) >= 11 is 0. The Morgan fingerprint density at radius 1 is 1.17 bits per heavy atom. The third-order valence-corrected chi connectivity index (χ3v) is 8.96. The molecule has 1 saturated heterocycles. The number of hydrogen-bond donors (Lipinski definition) is 1. The van der Waals surface area contributed by atoms with Crippen LogP contribution in [0.3, 0.4) is 0 Å². The second kappa shape index (κ2) is 7.96. The van der Waals surface area contributed by atoms with Gasteiger partial charge in [-0.05, 0) is 68.4 Å². The van der Waals surface area contributed by atoms with Gasteiger partial charge in [0.25, 0.3) is 15.9 Å². The van der Waals surface area contributed by atoms with Gasteiger partial charge in [0.05, 0.1) is 0 Å². The summed E-state index contributed by atoms with van der Waals surface area (Å²) < 4.78 is 43.7. The Hall–Kier alpha value is -1.51. The molecule has 1 amide bonds. The molecule has 4 atom stereocenters. The van der Waals surface area contributed by atoms with Gasteiger partial charge in [0.1, 0.15) is 0 Å². The van der Waals surface area contributed by atoms with E-state index < -0.39 is 27.0 Å². The normalized spacial score (nSPS) is 30.2. The molecular weight excluding hydrogens is 395 g/mol. The molecule has 0 aromatic heterocycles. The van der Waals surface area contributed by atoms with Gasteiger partial charge in [0.2, 0.25) is 0 Å². The maximum absolute atomic E-state index is 16.3. The van der Waals surface area contributed by atoms with E-state index in [1.54, 1.807) is 30.3 Å². The molecule has 1 aromatic carbocycles. The van der Waals surface area contributed by atoms with Crippen LogP contribution in [0.15, 0.2) is 30.3 Å². The molecule has 2 aliphatic carbocycles. The number of carbonyl (C=O) groups excluding carboxylic acids is 1. The van der Waals surface area contributed by atoms with Crippen LogP contribution >= 0.6 is 0 Å². The van der Waals surface area contributed by atoms with Crippen molar-refractivity contribution >= 4 is 15.9 Å². The van der Waals surface area contributed by atoms with Crippen molar-refractivity contribution in [1.82, 2.24) is 9.79 Å². The largest absolute Gasteiger partial charge is 0.348 e. The highest BCUT2D eigenvalue weighted by molar-refractivity contribution is 7.90. The lowest BCUT2D eigenvalue weighted by Crippen LogP contribution is -2.58. The van der Waals surface area contributed by atoms with E-state index in [4.69, 9.17) is 4.84 Å². The molecule has 6 nitrogen and oxygen atoms in total. The van der Waals surface area contributed by atoms with Gasteiger partial charge in [0.15, 0.2) is 0 Å². The van der Waals surface area contributed by atoms with Crippen molar-refractivity contribution in [1.29, 1.82) is 0 Å². The molecule has 1 heterocycles. The molecule has 0 spiro atoms. The van der Waals surface area contributed by atoms with Crippen LogP contribution in [-0.4, -0.2) is 36.9 Å². The highest BCUT2D eigenvalue weighted by Gasteiger charge is 2.59. The van der Waals surface area contributed by atoms with E-state index >= 15 is 4.39 Å². The number of rotatable bonds is 7. The minimum Gasteiger partial charge on any atom is -0.267 e. The van der Waals surface area contributed by atoms with E-state index in [1.165, 1.54) is 0 Å². The van der Waals surface area contributed by atoms with Gasteiger partial charge in [-0.15, -0.1) is 0 Å². The summed E-state index contributed by atoms with van der Waals surface area (Å²) in [5, 5.41) is -2.95. The number of nitrogens with zero attached hydrogens (tertiary/aromatic N) is 1. The zero-order valence-electron chi connectivity index (χ0n) is 16.7. The van der Waals surface area contributed by atoms with Gasteiger partial charge in [-0.3, -0.25) is 4.79 Å². The molecule has 29 heavy (non-hydrogen) atoms.